The lowest BCUT2D eigenvalue weighted by molar-refractivity contribution is -0.385. The van der Waals surface area contributed by atoms with Gasteiger partial charge in [-0.05, 0) is 76.4 Å². The van der Waals surface area contributed by atoms with Gasteiger partial charge in [0, 0.05) is 47.3 Å². The van der Waals surface area contributed by atoms with Crippen molar-refractivity contribution in [2.45, 2.75) is 41.5 Å². The molecule has 0 atom stereocenters. The van der Waals surface area contributed by atoms with E-state index in [1.807, 2.05) is 0 Å². The standard InChI is InChI=1S/C12H15N3O4.C12H12N2O4.C7H9N3O2/c1-4-19-12(16)9(3)13-14-11-6-5-10(15(17)18)7-8(11)2;1-3-18-12(15)10-6-8-5-9(14(16)17)4-7(2)11(8)13-10;1-5-4-6(10(11)12)2-3-7(5)9-8/h5-7,14H,4H2,1-3H3;4-6,13H,3H2,1-2H3;2-4,9H,8H2,1H3/b13-9+;;. The maximum atomic E-state index is 11.6. The van der Waals surface area contributed by atoms with Crippen LogP contribution in [0.3, 0.4) is 0 Å². The van der Waals surface area contributed by atoms with Crippen molar-refractivity contribution in [3.05, 3.63) is 107 Å². The highest BCUT2D eigenvalue weighted by Crippen LogP contribution is 2.26. The largest absolute Gasteiger partial charge is 0.461 e. The molecule has 260 valence electrons. The van der Waals surface area contributed by atoms with E-state index in [9.17, 15) is 39.9 Å². The minimum absolute atomic E-state index is 0.00847. The number of carbonyl (C=O) groups excluding carboxylic acids is 2. The molecule has 18 nitrogen and oxygen atoms in total. The third kappa shape index (κ3) is 11.1. The number of non-ortho nitro benzene ring substituents is 3. The molecule has 1 heterocycles. The van der Waals surface area contributed by atoms with Crippen molar-refractivity contribution in [3.63, 3.8) is 0 Å². The Labute approximate surface area is 279 Å². The Morgan fingerprint density at radius 2 is 1.29 bits per heavy atom. The molecule has 49 heavy (non-hydrogen) atoms. The summed E-state index contributed by atoms with van der Waals surface area (Å²) in [6, 6.07) is 13.2. The van der Waals surface area contributed by atoms with Crippen LogP contribution < -0.4 is 16.7 Å². The maximum absolute atomic E-state index is 11.6. The smallest absolute Gasteiger partial charge is 0.354 e. The zero-order valence-electron chi connectivity index (χ0n) is 27.6. The van der Waals surface area contributed by atoms with E-state index in [1.54, 1.807) is 46.8 Å². The van der Waals surface area contributed by atoms with E-state index in [-0.39, 0.29) is 36.0 Å². The predicted molar refractivity (Wildman–Crippen MR) is 182 cm³/mol. The number of aryl methyl sites for hydroxylation is 3. The number of nitrogen functional groups attached to an aromatic ring is 1. The number of nitro groups is 3. The van der Waals surface area contributed by atoms with E-state index < -0.39 is 26.7 Å². The maximum Gasteiger partial charge on any atom is 0.354 e. The van der Waals surface area contributed by atoms with Crippen LogP contribution in [0, 0.1) is 51.1 Å². The summed E-state index contributed by atoms with van der Waals surface area (Å²) in [5.41, 5.74) is 9.83. The molecule has 0 aliphatic heterocycles. The predicted octanol–water partition coefficient (Wildman–Crippen LogP) is 6.00. The minimum Gasteiger partial charge on any atom is -0.461 e. The molecule has 0 bridgehead atoms. The lowest BCUT2D eigenvalue weighted by Crippen LogP contribution is -2.15. The van der Waals surface area contributed by atoms with E-state index in [2.05, 4.69) is 20.9 Å². The van der Waals surface area contributed by atoms with Crippen molar-refractivity contribution in [2.75, 3.05) is 24.1 Å². The van der Waals surface area contributed by atoms with Gasteiger partial charge in [0.25, 0.3) is 17.1 Å². The number of fused-ring (bicyclic) bond motifs is 1. The summed E-state index contributed by atoms with van der Waals surface area (Å²) in [4.78, 5) is 56.1. The van der Waals surface area contributed by atoms with Crippen molar-refractivity contribution in [2.24, 2.45) is 10.9 Å². The van der Waals surface area contributed by atoms with E-state index in [4.69, 9.17) is 15.3 Å². The van der Waals surface area contributed by atoms with Crippen LogP contribution in [-0.4, -0.2) is 50.6 Å². The number of hydrogen-bond donors (Lipinski definition) is 4. The number of hydrazone groups is 1. The molecule has 1 aromatic heterocycles. The first-order valence-electron chi connectivity index (χ1n) is 14.5. The van der Waals surface area contributed by atoms with Crippen molar-refractivity contribution < 1.29 is 33.8 Å². The van der Waals surface area contributed by atoms with E-state index in [0.717, 1.165) is 11.1 Å². The molecule has 0 aliphatic rings. The minimum atomic E-state index is -0.505. The van der Waals surface area contributed by atoms with Crippen LogP contribution in [0.25, 0.3) is 10.9 Å². The van der Waals surface area contributed by atoms with Crippen molar-refractivity contribution in [1.29, 1.82) is 0 Å². The van der Waals surface area contributed by atoms with E-state index >= 15 is 0 Å². The lowest BCUT2D eigenvalue weighted by atomic mass is 10.1. The zero-order chi connectivity index (χ0) is 36.8. The van der Waals surface area contributed by atoms with E-state index in [0.29, 0.717) is 33.5 Å². The quantitative estimate of drug-likeness (QED) is 0.0492. The van der Waals surface area contributed by atoms with Gasteiger partial charge in [0.1, 0.15) is 11.4 Å². The average Bonchev–Trinajstić information content (AvgIpc) is 3.50. The van der Waals surface area contributed by atoms with Crippen molar-refractivity contribution >= 4 is 57.0 Å². The summed E-state index contributed by atoms with van der Waals surface area (Å²) in [5, 5.41) is 36.1. The van der Waals surface area contributed by atoms with Crippen LogP contribution in [0.15, 0.2) is 59.7 Å². The Morgan fingerprint density at radius 1 is 0.776 bits per heavy atom. The number of nitrogens with one attached hydrogen (secondary N) is 3. The molecule has 18 heteroatoms. The van der Waals surface area contributed by atoms with Gasteiger partial charge in [-0.3, -0.25) is 41.6 Å². The number of benzene rings is 3. The summed E-state index contributed by atoms with van der Waals surface area (Å²) in [7, 11) is 0. The van der Waals surface area contributed by atoms with Crippen LogP contribution in [0.1, 0.15) is 48.0 Å². The second kappa shape index (κ2) is 18.0. The molecule has 4 rings (SSSR count). The number of carbonyl (C=O) groups is 2. The van der Waals surface area contributed by atoms with Gasteiger partial charge in [-0.15, -0.1) is 0 Å². The topological polar surface area (TPSA) is 260 Å². The van der Waals surface area contributed by atoms with Crippen LogP contribution in [0.5, 0.6) is 0 Å². The molecule has 3 aromatic carbocycles. The van der Waals surface area contributed by atoms with Gasteiger partial charge in [-0.25, -0.2) is 9.59 Å². The summed E-state index contributed by atoms with van der Waals surface area (Å²) in [6.07, 6.45) is 0. The van der Waals surface area contributed by atoms with Gasteiger partial charge in [-0.1, -0.05) is 0 Å². The van der Waals surface area contributed by atoms with Gasteiger partial charge in [0.2, 0.25) is 0 Å². The first-order valence-corrected chi connectivity index (χ1v) is 14.5. The fraction of sp³-hybridized carbons (Fsp3) is 0.258. The fourth-order valence-corrected chi connectivity index (χ4v) is 4.07. The third-order valence-electron chi connectivity index (χ3n) is 6.53. The van der Waals surface area contributed by atoms with Gasteiger partial charge < -0.3 is 19.9 Å². The molecule has 0 radical (unpaired) electrons. The second-order valence-corrected chi connectivity index (χ2v) is 10.1. The Hall–Kier alpha value is -6.43. The number of hydrazine groups is 1. The van der Waals surface area contributed by atoms with Gasteiger partial charge in [0.15, 0.2) is 0 Å². The summed E-state index contributed by atoms with van der Waals surface area (Å²) >= 11 is 0. The molecule has 0 unspecified atom stereocenters. The summed E-state index contributed by atoms with van der Waals surface area (Å²) in [5.74, 6) is 4.19. The summed E-state index contributed by atoms with van der Waals surface area (Å²) in [6.45, 7) is 10.7. The molecule has 0 amide bonds. The molecule has 5 N–H and O–H groups in total. The Balaban J connectivity index is 0.000000262. The number of ether oxygens (including phenoxy) is 2. The molecular formula is C31H36N8O10. The lowest BCUT2D eigenvalue weighted by Gasteiger charge is -2.06. The van der Waals surface area contributed by atoms with Crippen molar-refractivity contribution in [3.8, 4) is 0 Å². The van der Waals surface area contributed by atoms with Crippen molar-refractivity contribution in [1.82, 2.24) is 4.98 Å². The molecule has 4 aromatic rings. The first kappa shape index (κ1) is 38.8. The number of nitrogens with two attached hydrogens (primary N) is 1. The molecule has 0 saturated carbocycles. The van der Waals surface area contributed by atoms with Gasteiger partial charge in [-0.2, -0.15) is 5.10 Å². The fourth-order valence-electron chi connectivity index (χ4n) is 4.07. The Kier molecular flexibility index (Phi) is 14.3. The number of aromatic amines is 1. The number of aromatic nitrogens is 1. The highest BCUT2D eigenvalue weighted by Gasteiger charge is 2.15. The average molecular weight is 681 g/mol. The normalized spacial score (nSPS) is 10.5. The summed E-state index contributed by atoms with van der Waals surface area (Å²) < 4.78 is 9.64. The SMILES string of the molecule is CCOC(=O)/C(C)=N/Nc1ccc([N+](=O)[O-])cc1C.CCOC(=O)c1cc2cc([N+](=O)[O-])cc(C)c2[nH]1.Cc1cc([N+](=O)[O-])ccc1NN. The molecule has 0 saturated heterocycles. The van der Waals surface area contributed by atoms with Crippen LogP contribution >= 0.6 is 0 Å². The number of rotatable bonds is 10. The van der Waals surface area contributed by atoms with Crippen LogP contribution in [0.4, 0.5) is 28.4 Å². The molecule has 0 aliphatic carbocycles. The zero-order valence-corrected chi connectivity index (χ0v) is 27.6. The van der Waals surface area contributed by atoms with Crippen LogP contribution in [0.2, 0.25) is 0 Å². The number of nitro benzene ring substituents is 3. The Bertz CT molecular complexity index is 1890. The third-order valence-corrected chi connectivity index (χ3v) is 6.53. The molecular weight excluding hydrogens is 644 g/mol. The molecule has 0 fully saturated rings. The van der Waals surface area contributed by atoms with Gasteiger partial charge in [0.05, 0.1) is 39.4 Å². The number of esters is 2. The highest BCUT2D eigenvalue weighted by molar-refractivity contribution is 6.35. The second-order valence-electron chi connectivity index (χ2n) is 10.1. The highest BCUT2D eigenvalue weighted by atomic mass is 16.6. The van der Waals surface area contributed by atoms with E-state index in [1.165, 1.54) is 49.4 Å². The number of hydrogen-bond acceptors (Lipinski definition) is 14. The number of anilines is 2. The number of nitrogens with zero attached hydrogens (tertiary/aromatic N) is 4. The number of H-pyrrole nitrogens is 1. The van der Waals surface area contributed by atoms with Crippen LogP contribution in [-0.2, 0) is 14.3 Å². The monoisotopic (exact) mass is 680 g/mol. The first-order chi connectivity index (χ1) is 23.1. The molecule has 0 spiro atoms. The van der Waals surface area contributed by atoms with Gasteiger partial charge >= 0.3 is 11.9 Å². The Morgan fingerprint density at radius 3 is 1.76 bits per heavy atom.